The van der Waals surface area contributed by atoms with E-state index in [-0.39, 0.29) is 28.7 Å². The summed E-state index contributed by atoms with van der Waals surface area (Å²) < 4.78 is 28.6. The molecule has 2 aromatic rings. The van der Waals surface area contributed by atoms with Crippen LogP contribution in [-0.4, -0.2) is 53.8 Å². The number of hydrogen-bond acceptors (Lipinski definition) is 6. The van der Waals surface area contributed by atoms with E-state index in [1.165, 1.54) is 30.5 Å². The van der Waals surface area contributed by atoms with Crippen LogP contribution in [0.4, 0.5) is 0 Å². The number of fused-ring (bicyclic) bond motifs is 1. The molecule has 1 amide bonds. The van der Waals surface area contributed by atoms with Gasteiger partial charge in [-0.2, -0.15) is 5.26 Å². The summed E-state index contributed by atoms with van der Waals surface area (Å²) in [5.74, 6) is 0.530. The third-order valence-corrected chi connectivity index (χ3v) is 7.63. The van der Waals surface area contributed by atoms with Crippen molar-refractivity contribution in [1.82, 2.24) is 25.0 Å². The first-order chi connectivity index (χ1) is 13.9. The standard InChI is InChI=1S/C19H22N6O3S/c1-12-2-7-17(23-29(27,28)14-5-3-13(8-20)4-6-14)16-11-25(10-15(12)16)19(26)18-9-21-24-22-18/h3-6,9,12,15-17,23H,2,7,10-11H2,1H3,(H,21,22,24)/t12-,15-,16-,17+/m1/s1. The van der Waals surface area contributed by atoms with Crippen LogP contribution in [0.1, 0.15) is 35.8 Å². The van der Waals surface area contributed by atoms with E-state index in [0.29, 0.717) is 30.3 Å². The van der Waals surface area contributed by atoms with Crippen molar-refractivity contribution in [1.29, 1.82) is 5.26 Å². The van der Waals surface area contributed by atoms with Crippen LogP contribution in [0.25, 0.3) is 0 Å². The van der Waals surface area contributed by atoms with Gasteiger partial charge in [-0.25, -0.2) is 13.1 Å². The number of rotatable bonds is 4. The van der Waals surface area contributed by atoms with Crippen molar-refractivity contribution in [2.24, 2.45) is 17.8 Å². The van der Waals surface area contributed by atoms with Crippen molar-refractivity contribution in [3.05, 3.63) is 41.7 Å². The van der Waals surface area contributed by atoms with Crippen LogP contribution >= 0.6 is 0 Å². The van der Waals surface area contributed by atoms with Gasteiger partial charge < -0.3 is 4.90 Å². The summed E-state index contributed by atoms with van der Waals surface area (Å²) in [6.07, 6.45) is 3.03. The molecule has 1 aliphatic heterocycles. The van der Waals surface area contributed by atoms with Gasteiger partial charge >= 0.3 is 0 Å². The SMILES string of the molecule is C[C@@H]1CC[C@H](NS(=O)(=O)c2ccc(C#N)cc2)[C@@H]2CN(C(=O)c3cnn[nH]3)C[C@@H]21. The highest BCUT2D eigenvalue weighted by atomic mass is 32.2. The average Bonchev–Trinajstić information content (AvgIpc) is 3.40. The number of nitrogens with zero attached hydrogens (tertiary/aromatic N) is 4. The molecule has 1 saturated heterocycles. The Kier molecular flexibility index (Phi) is 5.10. The van der Waals surface area contributed by atoms with E-state index in [1.54, 1.807) is 4.90 Å². The number of nitriles is 1. The van der Waals surface area contributed by atoms with Gasteiger partial charge in [-0.05, 0) is 54.9 Å². The summed E-state index contributed by atoms with van der Waals surface area (Å²) in [4.78, 5) is 14.6. The normalized spacial score (nSPS) is 26.7. The lowest BCUT2D eigenvalue weighted by Gasteiger charge is -2.37. The van der Waals surface area contributed by atoms with Gasteiger partial charge in [0.25, 0.3) is 5.91 Å². The van der Waals surface area contributed by atoms with E-state index in [0.717, 1.165) is 12.8 Å². The minimum atomic E-state index is -3.71. The molecule has 29 heavy (non-hydrogen) atoms. The number of sulfonamides is 1. The maximum atomic E-state index is 12.9. The smallest absolute Gasteiger partial charge is 0.273 e. The van der Waals surface area contributed by atoms with Crippen molar-refractivity contribution < 1.29 is 13.2 Å². The zero-order valence-electron chi connectivity index (χ0n) is 15.9. The molecule has 2 fully saturated rings. The van der Waals surface area contributed by atoms with Crippen LogP contribution in [0.5, 0.6) is 0 Å². The van der Waals surface area contributed by atoms with Crippen LogP contribution in [0.15, 0.2) is 35.4 Å². The molecule has 2 heterocycles. The van der Waals surface area contributed by atoms with E-state index in [1.807, 2.05) is 6.07 Å². The van der Waals surface area contributed by atoms with Crippen molar-refractivity contribution in [2.75, 3.05) is 13.1 Å². The minimum Gasteiger partial charge on any atom is -0.337 e. The number of H-pyrrole nitrogens is 1. The molecular weight excluding hydrogens is 392 g/mol. The molecule has 9 nitrogen and oxygen atoms in total. The molecule has 10 heteroatoms. The van der Waals surface area contributed by atoms with Gasteiger partial charge in [-0.1, -0.05) is 12.1 Å². The molecule has 4 rings (SSSR count). The monoisotopic (exact) mass is 414 g/mol. The number of likely N-dealkylation sites (tertiary alicyclic amines) is 1. The lowest BCUT2D eigenvalue weighted by molar-refractivity contribution is 0.0776. The Bertz CT molecular complexity index is 1030. The molecular formula is C19H22N6O3S. The largest absolute Gasteiger partial charge is 0.337 e. The Morgan fingerprint density at radius 1 is 1.24 bits per heavy atom. The second-order valence-electron chi connectivity index (χ2n) is 7.83. The van der Waals surface area contributed by atoms with Crippen LogP contribution in [0, 0.1) is 29.1 Å². The molecule has 1 aromatic heterocycles. The lowest BCUT2D eigenvalue weighted by atomic mass is 9.72. The van der Waals surface area contributed by atoms with Crippen molar-refractivity contribution in [3.8, 4) is 6.07 Å². The molecule has 152 valence electrons. The van der Waals surface area contributed by atoms with Gasteiger partial charge in [0.1, 0.15) is 5.69 Å². The van der Waals surface area contributed by atoms with Crippen molar-refractivity contribution in [3.63, 3.8) is 0 Å². The zero-order valence-corrected chi connectivity index (χ0v) is 16.8. The number of carbonyl (C=O) groups excluding carboxylic acids is 1. The topological polar surface area (TPSA) is 132 Å². The minimum absolute atomic E-state index is 0.0479. The van der Waals surface area contributed by atoms with E-state index < -0.39 is 10.0 Å². The quantitative estimate of drug-likeness (QED) is 0.771. The van der Waals surface area contributed by atoms with Crippen molar-refractivity contribution >= 4 is 15.9 Å². The number of carbonyl (C=O) groups is 1. The van der Waals surface area contributed by atoms with Gasteiger partial charge in [0.15, 0.2) is 0 Å². The Labute approximate surface area is 169 Å². The lowest BCUT2D eigenvalue weighted by Crippen LogP contribution is -2.47. The fourth-order valence-corrected chi connectivity index (χ4v) is 5.83. The third-order valence-electron chi connectivity index (χ3n) is 6.13. The number of hydrogen-bond donors (Lipinski definition) is 2. The van der Waals surface area contributed by atoms with Gasteiger partial charge in [0, 0.05) is 19.1 Å². The first kappa shape index (κ1) is 19.5. The molecule has 4 atom stereocenters. The molecule has 0 radical (unpaired) electrons. The fourth-order valence-electron chi connectivity index (χ4n) is 4.51. The maximum absolute atomic E-state index is 12.9. The van der Waals surface area contributed by atoms with Gasteiger partial charge in [0.2, 0.25) is 10.0 Å². The zero-order chi connectivity index (χ0) is 20.6. The molecule has 2 aliphatic rings. The summed E-state index contributed by atoms with van der Waals surface area (Å²) in [5, 5.41) is 18.8. The average molecular weight is 414 g/mol. The molecule has 1 aromatic carbocycles. The Hall–Kier alpha value is -2.77. The fraction of sp³-hybridized carbons (Fsp3) is 0.474. The predicted octanol–water partition coefficient (Wildman–Crippen LogP) is 1.14. The molecule has 1 aliphatic carbocycles. The molecule has 0 unspecified atom stereocenters. The second-order valence-corrected chi connectivity index (χ2v) is 9.54. The van der Waals surface area contributed by atoms with Crippen LogP contribution in [-0.2, 0) is 10.0 Å². The number of aromatic nitrogens is 3. The number of benzene rings is 1. The first-order valence-corrected chi connectivity index (χ1v) is 11.0. The van der Waals surface area contributed by atoms with E-state index in [2.05, 4.69) is 27.1 Å². The van der Waals surface area contributed by atoms with E-state index >= 15 is 0 Å². The van der Waals surface area contributed by atoms with Gasteiger partial charge in [-0.15, -0.1) is 5.10 Å². The number of aromatic amines is 1. The summed E-state index contributed by atoms with van der Waals surface area (Å²) in [7, 11) is -3.71. The Balaban J connectivity index is 1.52. The second kappa shape index (κ2) is 7.57. The maximum Gasteiger partial charge on any atom is 0.273 e. The summed E-state index contributed by atoms with van der Waals surface area (Å²) in [5.41, 5.74) is 0.750. The summed E-state index contributed by atoms with van der Waals surface area (Å²) in [6.45, 7) is 3.25. The first-order valence-electron chi connectivity index (χ1n) is 9.57. The Morgan fingerprint density at radius 3 is 2.62 bits per heavy atom. The molecule has 0 spiro atoms. The highest BCUT2D eigenvalue weighted by Gasteiger charge is 2.46. The highest BCUT2D eigenvalue weighted by molar-refractivity contribution is 7.89. The highest BCUT2D eigenvalue weighted by Crippen LogP contribution is 2.41. The summed E-state index contributed by atoms with van der Waals surface area (Å²) in [6, 6.07) is 7.62. The van der Waals surface area contributed by atoms with Gasteiger partial charge in [-0.3, -0.25) is 9.89 Å². The molecule has 0 bridgehead atoms. The predicted molar refractivity (Wildman–Crippen MR) is 103 cm³/mol. The van der Waals surface area contributed by atoms with Crippen molar-refractivity contribution in [2.45, 2.75) is 30.7 Å². The third kappa shape index (κ3) is 3.75. The van der Waals surface area contributed by atoms with Crippen LogP contribution < -0.4 is 4.72 Å². The van der Waals surface area contributed by atoms with Gasteiger partial charge in [0.05, 0.1) is 22.7 Å². The number of amides is 1. The summed E-state index contributed by atoms with van der Waals surface area (Å²) >= 11 is 0. The number of nitrogens with one attached hydrogen (secondary N) is 2. The van der Waals surface area contributed by atoms with Crippen LogP contribution in [0.3, 0.4) is 0 Å². The van der Waals surface area contributed by atoms with E-state index in [4.69, 9.17) is 5.26 Å². The Morgan fingerprint density at radius 2 is 1.97 bits per heavy atom. The molecule has 1 saturated carbocycles. The van der Waals surface area contributed by atoms with Crippen LogP contribution in [0.2, 0.25) is 0 Å². The van der Waals surface area contributed by atoms with E-state index in [9.17, 15) is 13.2 Å². The molecule has 2 N–H and O–H groups in total.